The van der Waals surface area contributed by atoms with Crippen molar-refractivity contribution in [2.75, 3.05) is 16.8 Å². The summed E-state index contributed by atoms with van der Waals surface area (Å²) in [5, 5.41) is 11.4. The molecule has 4 rings (SSSR count). The number of aromatic nitrogens is 3. The Morgan fingerprint density at radius 1 is 1.18 bits per heavy atom. The van der Waals surface area contributed by atoms with Gasteiger partial charge in [0.25, 0.3) is 0 Å². The third-order valence-corrected chi connectivity index (χ3v) is 6.28. The van der Waals surface area contributed by atoms with Crippen LogP contribution in [0.5, 0.6) is 0 Å². The number of para-hydroxylation sites is 1. The van der Waals surface area contributed by atoms with Gasteiger partial charge in [-0.1, -0.05) is 47.4 Å². The standard InChI is InChI=1S/C19H17N5O2S2/c25-16-10-13(11-24(16)15-7-2-1-3-8-15)17(26)21-18-22-23-19(28-18)27-12-14-6-4-5-9-20-14/h1-9,13H,10-12H2,(H,21,22,26)/t13-/m0/s1. The first-order chi connectivity index (χ1) is 13.7. The third-order valence-electron chi connectivity index (χ3n) is 4.27. The van der Waals surface area contributed by atoms with Gasteiger partial charge in [-0.2, -0.15) is 0 Å². The van der Waals surface area contributed by atoms with E-state index in [1.165, 1.54) is 23.1 Å². The first-order valence-electron chi connectivity index (χ1n) is 8.71. The maximum atomic E-state index is 12.6. The van der Waals surface area contributed by atoms with Gasteiger partial charge >= 0.3 is 0 Å². The molecule has 1 atom stereocenters. The van der Waals surface area contributed by atoms with Crippen LogP contribution < -0.4 is 10.2 Å². The molecule has 1 N–H and O–H groups in total. The fourth-order valence-electron chi connectivity index (χ4n) is 2.89. The predicted octanol–water partition coefficient (Wildman–Crippen LogP) is 3.22. The lowest BCUT2D eigenvalue weighted by Crippen LogP contribution is -2.28. The number of hydrogen-bond donors (Lipinski definition) is 1. The zero-order chi connectivity index (χ0) is 19.3. The summed E-state index contributed by atoms with van der Waals surface area (Å²) in [4.78, 5) is 30.8. The minimum absolute atomic E-state index is 0.0461. The maximum absolute atomic E-state index is 12.6. The molecule has 7 nitrogen and oxygen atoms in total. The van der Waals surface area contributed by atoms with Gasteiger partial charge in [-0.25, -0.2) is 0 Å². The van der Waals surface area contributed by atoms with Crippen LogP contribution in [0, 0.1) is 5.92 Å². The lowest BCUT2D eigenvalue weighted by atomic mass is 10.1. The topological polar surface area (TPSA) is 88.1 Å². The minimum atomic E-state index is -0.402. The van der Waals surface area contributed by atoms with E-state index in [1.807, 2.05) is 48.5 Å². The smallest absolute Gasteiger partial charge is 0.231 e. The van der Waals surface area contributed by atoms with Crippen molar-refractivity contribution >= 4 is 45.7 Å². The van der Waals surface area contributed by atoms with Crippen molar-refractivity contribution in [3.05, 3.63) is 60.4 Å². The molecule has 1 fully saturated rings. The summed E-state index contributed by atoms with van der Waals surface area (Å²) in [5.41, 5.74) is 1.77. The van der Waals surface area contributed by atoms with Gasteiger partial charge in [0.1, 0.15) is 0 Å². The van der Waals surface area contributed by atoms with Gasteiger partial charge in [0.15, 0.2) is 4.34 Å². The van der Waals surface area contributed by atoms with Crippen LogP contribution in [0.25, 0.3) is 0 Å². The number of nitrogens with zero attached hydrogens (tertiary/aromatic N) is 4. The Bertz CT molecular complexity index is 965. The number of anilines is 2. The molecule has 1 saturated heterocycles. The number of hydrogen-bond acceptors (Lipinski definition) is 7. The average molecular weight is 412 g/mol. The number of amides is 2. The molecule has 1 aliphatic heterocycles. The Labute approximate surface area is 170 Å². The summed E-state index contributed by atoms with van der Waals surface area (Å²) in [6, 6.07) is 15.2. The number of pyridine rings is 1. The normalized spacial score (nSPS) is 16.4. The monoisotopic (exact) mass is 411 g/mol. The molecule has 3 aromatic rings. The van der Waals surface area contributed by atoms with Gasteiger partial charge in [-0.05, 0) is 24.3 Å². The van der Waals surface area contributed by atoms with Crippen LogP contribution in [0.2, 0.25) is 0 Å². The van der Waals surface area contributed by atoms with Gasteiger partial charge < -0.3 is 10.2 Å². The van der Waals surface area contributed by atoms with Gasteiger partial charge in [0, 0.05) is 30.6 Å². The molecule has 0 unspecified atom stereocenters. The van der Waals surface area contributed by atoms with E-state index in [9.17, 15) is 9.59 Å². The van der Waals surface area contributed by atoms with E-state index in [2.05, 4.69) is 20.5 Å². The van der Waals surface area contributed by atoms with Crippen LogP contribution >= 0.6 is 23.1 Å². The highest BCUT2D eigenvalue weighted by Crippen LogP contribution is 2.29. The summed E-state index contributed by atoms with van der Waals surface area (Å²) < 4.78 is 0.759. The number of rotatable bonds is 6. The van der Waals surface area contributed by atoms with Crippen molar-refractivity contribution in [2.45, 2.75) is 16.5 Å². The second-order valence-corrected chi connectivity index (χ2v) is 8.41. The molecule has 0 bridgehead atoms. The highest BCUT2D eigenvalue weighted by molar-refractivity contribution is 8.00. The van der Waals surface area contributed by atoms with E-state index in [1.54, 1.807) is 11.1 Å². The fraction of sp³-hybridized carbons (Fsp3) is 0.211. The molecule has 142 valence electrons. The molecule has 9 heteroatoms. The molecular formula is C19H17N5O2S2. The molecule has 0 spiro atoms. The molecule has 0 radical (unpaired) electrons. The quantitative estimate of drug-likeness (QED) is 0.495. The van der Waals surface area contributed by atoms with E-state index in [0.717, 1.165) is 15.7 Å². The van der Waals surface area contributed by atoms with E-state index >= 15 is 0 Å². The SMILES string of the molecule is O=C(Nc1nnc(SCc2ccccn2)s1)[C@H]1CC(=O)N(c2ccccc2)C1. The summed E-state index contributed by atoms with van der Waals surface area (Å²) in [6.07, 6.45) is 1.95. The highest BCUT2D eigenvalue weighted by atomic mass is 32.2. The molecular weight excluding hydrogens is 394 g/mol. The minimum Gasteiger partial charge on any atom is -0.312 e. The Morgan fingerprint density at radius 3 is 2.79 bits per heavy atom. The Morgan fingerprint density at radius 2 is 2.00 bits per heavy atom. The summed E-state index contributed by atoms with van der Waals surface area (Å²) >= 11 is 2.84. The average Bonchev–Trinajstić information content (AvgIpc) is 3.34. The van der Waals surface area contributed by atoms with Crippen LogP contribution in [-0.4, -0.2) is 33.5 Å². The van der Waals surface area contributed by atoms with Crippen LogP contribution in [-0.2, 0) is 15.3 Å². The van der Waals surface area contributed by atoms with Gasteiger partial charge in [0.05, 0.1) is 11.6 Å². The van der Waals surface area contributed by atoms with Crippen molar-refractivity contribution in [2.24, 2.45) is 5.92 Å². The van der Waals surface area contributed by atoms with Crippen molar-refractivity contribution in [1.29, 1.82) is 0 Å². The van der Waals surface area contributed by atoms with Gasteiger partial charge in [-0.15, -0.1) is 10.2 Å². The van der Waals surface area contributed by atoms with Crippen molar-refractivity contribution in [1.82, 2.24) is 15.2 Å². The van der Waals surface area contributed by atoms with Crippen LogP contribution in [0.4, 0.5) is 10.8 Å². The van der Waals surface area contributed by atoms with Crippen molar-refractivity contribution < 1.29 is 9.59 Å². The van der Waals surface area contributed by atoms with E-state index in [-0.39, 0.29) is 18.2 Å². The second-order valence-electron chi connectivity index (χ2n) is 6.21. The molecule has 2 amide bonds. The Balaban J connectivity index is 1.33. The molecule has 1 aliphatic rings. The van der Waals surface area contributed by atoms with Crippen LogP contribution in [0.1, 0.15) is 12.1 Å². The Hall–Kier alpha value is -2.78. The summed E-state index contributed by atoms with van der Waals surface area (Å²) in [6.45, 7) is 0.370. The predicted molar refractivity (Wildman–Crippen MR) is 109 cm³/mol. The van der Waals surface area contributed by atoms with E-state index < -0.39 is 5.92 Å². The molecule has 0 aliphatic carbocycles. The van der Waals surface area contributed by atoms with E-state index in [0.29, 0.717) is 17.4 Å². The lowest BCUT2D eigenvalue weighted by molar-refractivity contribution is -0.122. The number of thioether (sulfide) groups is 1. The zero-order valence-electron chi connectivity index (χ0n) is 14.8. The van der Waals surface area contributed by atoms with Gasteiger partial charge in [0.2, 0.25) is 16.9 Å². The highest BCUT2D eigenvalue weighted by Gasteiger charge is 2.35. The number of nitrogens with one attached hydrogen (secondary N) is 1. The van der Waals surface area contributed by atoms with Crippen molar-refractivity contribution in [3.8, 4) is 0 Å². The van der Waals surface area contributed by atoms with Crippen LogP contribution in [0.15, 0.2) is 59.1 Å². The maximum Gasteiger partial charge on any atom is 0.231 e. The molecule has 1 aromatic carbocycles. The Kier molecular flexibility index (Phi) is 5.63. The summed E-state index contributed by atoms with van der Waals surface area (Å²) in [5.74, 6) is 0.0349. The zero-order valence-corrected chi connectivity index (χ0v) is 16.4. The third kappa shape index (κ3) is 4.37. The molecule has 2 aromatic heterocycles. The number of benzene rings is 1. The second kappa shape index (κ2) is 8.49. The number of carbonyl (C=O) groups is 2. The first kappa shape index (κ1) is 18.6. The van der Waals surface area contributed by atoms with Gasteiger partial charge in [-0.3, -0.25) is 14.6 Å². The van der Waals surface area contributed by atoms with Crippen LogP contribution in [0.3, 0.4) is 0 Å². The molecule has 0 saturated carbocycles. The first-order valence-corrected chi connectivity index (χ1v) is 10.5. The largest absolute Gasteiger partial charge is 0.312 e. The van der Waals surface area contributed by atoms with Crippen molar-refractivity contribution in [3.63, 3.8) is 0 Å². The fourth-order valence-corrected chi connectivity index (χ4v) is 4.56. The molecule has 3 heterocycles. The lowest BCUT2D eigenvalue weighted by Gasteiger charge is -2.16. The number of carbonyl (C=O) groups excluding carboxylic acids is 2. The molecule has 28 heavy (non-hydrogen) atoms. The summed E-state index contributed by atoms with van der Waals surface area (Å²) in [7, 11) is 0. The van der Waals surface area contributed by atoms with E-state index in [4.69, 9.17) is 0 Å².